The second-order valence-corrected chi connectivity index (χ2v) is 8.31. The molecule has 2 fully saturated rings. The Balaban J connectivity index is 0.00000363. The lowest BCUT2D eigenvalue weighted by atomic mass is 10.0. The van der Waals surface area contributed by atoms with Crippen LogP contribution >= 0.6 is 24.0 Å². The van der Waals surface area contributed by atoms with Crippen molar-refractivity contribution < 1.29 is 14.2 Å². The van der Waals surface area contributed by atoms with Crippen LogP contribution in [-0.2, 0) is 27.3 Å². The standard InChI is InChI=1S/C24H40N4O3.HI/c1-2-25-24(26-9-4-12-31-20-21-7-13-29-14-8-21)27-18-22-5-3-6-23(17-22)19-28-10-15-30-16-11-28;/h3,5-6,17,21H,2,4,7-16,18-20H2,1H3,(H2,25,26,27);1H. The van der Waals surface area contributed by atoms with Crippen LogP contribution < -0.4 is 10.6 Å². The van der Waals surface area contributed by atoms with E-state index < -0.39 is 0 Å². The Morgan fingerprint density at radius 2 is 1.84 bits per heavy atom. The van der Waals surface area contributed by atoms with Gasteiger partial charge in [-0.3, -0.25) is 4.90 Å². The zero-order chi connectivity index (χ0) is 21.6. The van der Waals surface area contributed by atoms with E-state index in [4.69, 9.17) is 19.2 Å². The summed E-state index contributed by atoms with van der Waals surface area (Å²) in [5.74, 6) is 1.53. The molecule has 2 heterocycles. The third-order valence-corrected chi connectivity index (χ3v) is 5.72. The summed E-state index contributed by atoms with van der Waals surface area (Å²) in [6, 6.07) is 8.76. The van der Waals surface area contributed by atoms with Crippen molar-refractivity contribution in [2.45, 2.75) is 39.3 Å². The largest absolute Gasteiger partial charge is 0.381 e. The molecule has 1 aromatic carbocycles. The topological polar surface area (TPSA) is 67.4 Å². The number of aliphatic imine (C=N–C) groups is 1. The first-order chi connectivity index (χ1) is 15.3. The highest BCUT2D eigenvalue weighted by atomic mass is 127. The smallest absolute Gasteiger partial charge is 0.191 e. The Hall–Kier alpha value is -0.940. The number of benzene rings is 1. The van der Waals surface area contributed by atoms with E-state index in [1.165, 1.54) is 11.1 Å². The molecular formula is C24H41IN4O3. The van der Waals surface area contributed by atoms with E-state index in [1.807, 2.05) is 0 Å². The Morgan fingerprint density at radius 1 is 1.09 bits per heavy atom. The first-order valence-electron chi connectivity index (χ1n) is 11.9. The van der Waals surface area contributed by atoms with Crippen molar-refractivity contribution in [3.8, 4) is 0 Å². The zero-order valence-corrected chi connectivity index (χ0v) is 21.9. The number of morpholine rings is 1. The third kappa shape index (κ3) is 10.8. The van der Waals surface area contributed by atoms with Crippen molar-refractivity contribution in [3.05, 3.63) is 35.4 Å². The lowest BCUT2D eigenvalue weighted by Crippen LogP contribution is -2.38. The number of nitrogens with zero attached hydrogens (tertiary/aromatic N) is 2. The summed E-state index contributed by atoms with van der Waals surface area (Å²) in [6.07, 6.45) is 3.23. The van der Waals surface area contributed by atoms with E-state index in [-0.39, 0.29) is 24.0 Å². The van der Waals surface area contributed by atoms with Crippen LogP contribution in [0.15, 0.2) is 29.3 Å². The van der Waals surface area contributed by atoms with E-state index in [2.05, 4.69) is 46.7 Å². The number of nitrogens with one attached hydrogen (secondary N) is 2. The monoisotopic (exact) mass is 560 g/mol. The Morgan fingerprint density at radius 3 is 2.62 bits per heavy atom. The van der Waals surface area contributed by atoms with Crippen molar-refractivity contribution in [1.82, 2.24) is 15.5 Å². The highest BCUT2D eigenvalue weighted by Gasteiger charge is 2.13. The van der Waals surface area contributed by atoms with Crippen molar-refractivity contribution in [2.24, 2.45) is 10.9 Å². The molecule has 2 aliphatic rings. The van der Waals surface area contributed by atoms with E-state index in [0.717, 1.165) is 97.6 Å². The second-order valence-electron chi connectivity index (χ2n) is 8.31. The Labute approximate surface area is 210 Å². The summed E-state index contributed by atoms with van der Waals surface area (Å²) >= 11 is 0. The minimum atomic E-state index is 0. The van der Waals surface area contributed by atoms with Crippen LogP contribution in [0.25, 0.3) is 0 Å². The van der Waals surface area contributed by atoms with Gasteiger partial charge in [0.15, 0.2) is 5.96 Å². The van der Waals surface area contributed by atoms with Crippen LogP contribution in [0.2, 0.25) is 0 Å². The SMILES string of the molecule is CCNC(=NCc1cccc(CN2CCOCC2)c1)NCCCOCC1CCOCC1.I. The van der Waals surface area contributed by atoms with Gasteiger partial charge in [-0.05, 0) is 43.2 Å². The molecule has 32 heavy (non-hydrogen) atoms. The van der Waals surface area contributed by atoms with Crippen LogP contribution in [-0.4, -0.2) is 76.7 Å². The molecule has 3 rings (SSSR count). The van der Waals surface area contributed by atoms with Gasteiger partial charge in [-0.2, -0.15) is 0 Å². The molecule has 0 spiro atoms. The van der Waals surface area contributed by atoms with Crippen LogP contribution in [0, 0.1) is 5.92 Å². The van der Waals surface area contributed by atoms with E-state index in [0.29, 0.717) is 12.5 Å². The van der Waals surface area contributed by atoms with Gasteiger partial charge in [0.05, 0.1) is 19.8 Å². The van der Waals surface area contributed by atoms with E-state index in [9.17, 15) is 0 Å². The second kappa shape index (κ2) is 16.6. The van der Waals surface area contributed by atoms with Gasteiger partial charge in [-0.1, -0.05) is 24.3 Å². The van der Waals surface area contributed by atoms with Gasteiger partial charge in [0.25, 0.3) is 0 Å². The number of halogens is 1. The number of guanidine groups is 1. The first-order valence-corrected chi connectivity index (χ1v) is 11.9. The van der Waals surface area contributed by atoms with Crippen molar-refractivity contribution >= 4 is 29.9 Å². The molecule has 0 bridgehead atoms. The maximum Gasteiger partial charge on any atom is 0.191 e. The number of ether oxygens (including phenoxy) is 3. The zero-order valence-electron chi connectivity index (χ0n) is 19.5. The highest BCUT2D eigenvalue weighted by molar-refractivity contribution is 14.0. The van der Waals surface area contributed by atoms with E-state index >= 15 is 0 Å². The molecule has 7 nitrogen and oxygen atoms in total. The summed E-state index contributed by atoms with van der Waals surface area (Å²) in [5, 5.41) is 6.76. The van der Waals surface area contributed by atoms with Gasteiger partial charge < -0.3 is 24.8 Å². The highest BCUT2D eigenvalue weighted by Crippen LogP contribution is 2.14. The Kier molecular flexibility index (Phi) is 14.2. The number of hydrogen-bond donors (Lipinski definition) is 2. The minimum Gasteiger partial charge on any atom is -0.381 e. The van der Waals surface area contributed by atoms with Gasteiger partial charge in [-0.15, -0.1) is 24.0 Å². The minimum absolute atomic E-state index is 0. The summed E-state index contributed by atoms with van der Waals surface area (Å²) in [6.45, 7) is 12.6. The van der Waals surface area contributed by atoms with Gasteiger partial charge in [0.1, 0.15) is 0 Å². The predicted octanol–water partition coefficient (Wildman–Crippen LogP) is 3.03. The third-order valence-electron chi connectivity index (χ3n) is 5.72. The average Bonchev–Trinajstić information content (AvgIpc) is 2.81. The van der Waals surface area contributed by atoms with Crippen LogP contribution in [0.4, 0.5) is 0 Å². The maximum absolute atomic E-state index is 5.85. The fraction of sp³-hybridized carbons (Fsp3) is 0.708. The number of rotatable bonds is 11. The van der Waals surface area contributed by atoms with Crippen LogP contribution in [0.5, 0.6) is 0 Å². The average molecular weight is 561 g/mol. The van der Waals surface area contributed by atoms with Gasteiger partial charge >= 0.3 is 0 Å². The van der Waals surface area contributed by atoms with Crippen molar-refractivity contribution in [2.75, 3.05) is 65.8 Å². The quantitative estimate of drug-likeness (QED) is 0.188. The molecule has 182 valence electrons. The lowest BCUT2D eigenvalue weighted by Gasteiger charge is -2.26. The molecule has 2 N–H and O–H groups in total. The van der Waals surface area contributed by atoms with Crippen LogP contribution in [0.3, 0.4) is 0 Å². The summed E-state index contributed by atoms with van der Waals surface area (Å²) in [5.41, 5.74) is 2.58. The molecule has 1 aromatic rings. The van der Waals surface area contributed by atoms with Crippen molar-refractivity contribution in [3.63, 3.8) is 0 Å². The fourth-order valence-electron chi connectivity index (χ4n) is 3.90. The molecule has 8 heteroatoms. The molecule has 0 atom stereocenters. The maximum atomic E-state index is 5.85. The van der Waals surface area contributed by atoms with Gasteiger partial charge in [0, 0.05) is 59.2 Å². The molecule has 0 radical (unpaired) electrons. The fourth-order valence-corrected chi connectivity index (χ4v) is 3.90. The normalized spacial score (nSPS) is 18.2. The molecule has 0 amide bonds. The molecule has 0 aromatic heterocycles. The van der Waals surface area contributed by atoms with Crippen LogP contribution in [0.1, 0.15) is 37.3 Å². The summed E-state index contributed by atoms with van der Waals surface area (Å²) in [4.78, 5) is 7.22. The van der Waals surface area contributed by atoms with Gasteiger partial charge in [0.2, 0.25) is 0 Å². The lowest BCUT2D eigenvalue weighted by molar-refractivity contribution is 0.0203. The first kappa shape index (κ1) is 27.3. The summed E-state index contributed by atoms with van der Waals surface area (Å²) in [7, 11) is 0. The van der Waals surface area contributed by atoms with E-state index in [1.54, 1.807) is 0 Å². The summed E-state index contributed by atoms with van der Waals surface area (Å²) < 4.78 is 16.7. The molecular weight excluding hydrogens is 519 g/mol. The van der Waals surface area contributed by atoms with Crippen molar-refractivity contribution in [1.29, 1.82) is 0 Å². The molecule has 0 aliphatic carbocycles. The molecule has 2 saturated heterocycles. The molecule has 0 unspecified atom stereocenters. The molecule has 2 aliphatic heterocycles. The predicted molar refractivity (Wildman–Crippen MR) is 140 cm³/mol. The number of hydrogen-bond acceptors (Lipinski definition) is 5. The molecule has 0 saturated carbocycles. The van der Waals surface area contributed by atoms with Gasteiger partial charge in [-0.25, -0.2) is 4.99 Å². The Bertz CT molecular complexity index is 650.